The fourth-order valence-electron chi connectivity index (χ4n) is 1.69. The van der Waals surface area contributed by atoms with Gasteiger partial charge in [-0.15, -0.1) is 0 Å². The highest BCUT2D eigenvalue weighted by atomic mass is 32.2. The Morgan fingerprint density at radius 1 is 1.26 bits per heavy atom. The zero-order valence-corrected chi connectivity index (χ0v) is 13.3. The van der Waals surface area contributed by atoms with Gasteiger partial charge in [-0.1, -0.05) is 17.7 Å². The van der Waals surface area contributed by atoms with Gasteiger partial charge in [0.15, 0.2) is 0 Å². The summed E-state index contributed by atoms with van der Waals surface area (Å²) in [5, 5.41) is -0.666. The van der Waals surface area contributed by atoms with Gasteiger partial charge in [-0.2, -0.15) is 0 Å². The summed E-state index contributed by atoms with van der Waals surface area (Å²) in [6.07, 6.45) is 0. The van der Waals surface area contributed by atoms with Gasteiger partial charge < -0.3 is 4.74 Å². The lowest BCUT2D eigenvalue weighted by Crippen LogP contribution is -2.32. The lowest BCUT2D eigenvalue weighted by molar-refractivity contribution is -0.153. The first-order valence-corrected chi connectivity index (χ1v) is 7.54. The van der Waals surface area contributed by atoms with Gasteiger partial charge in [-0.3, -0.25) is 9.00 Å². The quantitative estimate of drug-likeness (QED) is 0.800. The van der Waals surface area contributed by atoms with Crippen LogP contribution in [0.5, 0.6) is 0 Å². The van der Waals surface area contributed by atoms with Crippen molar-refractivity contribution in [2.24, 2.45) is 0 Å². The monoisotopic (exact) mass is 282 g/mol. The largest absolute Gasteiger partial charge is 0.459 e. The molecule has 0 aliphatic heterocycles. The molecule has 0 radical (unpaired) electrons. The van der Waals surface area contributed by atoms with Crippen molar-refractivity contribution in [1.29, 1.82) is 0 Å². The number of carbonyl (C=O) groups excluding carboxylic acids is 1. The maximum atomic E-state index is 12.4. The molecule has 0 heterocycles. The van der Waals surface area contributed by atoms with Crippen LogP contribution in [0.3, 0.4) is 0 Å². The lowest BCUT2D eigenvalue weighted by Gasteiger charge is -2.22. The van der Waals surface area contributed by atoms with Crippen molar-refractivity contribution in [3.05, 3.63) is 29.3 Å². The van der Waals surface area contributed by atoms with Crippen molar-refractivity contribution < 1.29 is 13.7 Å². The van der Waals surface area contributed by atoms with Gasteiger partial charge in [0.2, 0.25) is 0 Å². The summed E-state index contributed by atoms with van der Waals surface area (Å²) in [6.45, 7) is 10.9. The Bertz CT molecular complexity index is 501. The smallest absolute Gasteiger partial charge is 0.322 e. The Balaban J connectivity index is 2.91. The average molecular weight is 282 g/mol. The van der Waals surface area contributed by atoms with Gasteiger partial charge in [0.05, 0.1) is 10.8 Å². The molecule has 0 aromatic heterocycles. The number of esters is 1. The zero-order chi connectivity index (χ0) is 14.8. The first-order valence-electron chi connectivity index (χ1n) is 6.32. The van der Waals surface area contributed by atoms with Crippen LogP contribution >= 0.6 is 0 Å². The van der Waals surface area contributed by atoms with Crippen LogP contribution in [0.1, 0.15) is 38.8 Å². The van der Waals surface area contributed by atoms with Crippen molar-refractivity contribution in [2.75, 3.05) is 0 Å². The number of ether oxygens (including phenoxy) is 1. The molecule has 1 rings (SSSR count). The SMILES string of the molecule is Cc1ccc(S(=O)C(C)C(=O)OC(C)(C)C)c(C)c1. The predicted molar refractivity (Wildman–Crippen MR) is 77.6 cm³/mol. The fraction of sp³-hybridized carbons (Fsp3) is 0.533. The number of benzene rings is 1. The van der Waals surface area contributed by atoms with Crippen LogP contribution in [-0.4, -0.2) is 21.0 Å². The minimum Gasteiger partial charge on any atom is -0.459 e. The molecule has 1 aromatic rings. The molecule has 0 aliphatic carbocycles. The summed E-state index contributed by atoms with van der Waals surface area (Å²) < 4.78 is 17.7. The molecule has 0 bridgehead atoms. The normalized spacial score (nSPS) is 14.8. The van der Waals surface area contributed by atoms with E-state index in [0.29, 0.717) is 4.90 Å². The van der Waals surface area contributed by atoms with E-state index in [0.717, 1.165) is 11.1 Å². The fourth-order valence-corrected chi connectivity index (χ4v) is 2.87. The van der Waals surface area contributed by atoms with Gasteiger partial charge in [0.1, 0.15) is 10.9 Å². The third-order valence-corrected chi connectivity index (χ3v) is 4.33. The van der Waals surface area contributed by atoms with Crippen molar-refractivity contribution in [2.45, 2.75) is 57.3 Å². The Morgan fingerprint density at radius 3 is 2.32 bits per heavy atom. The first kappa shape index (κ1) is 15.9. The lowest BCUT2D eigenvalue weighted by atomic mass is 10.2. The minimum atomic E-state index is -1.39. The molecule has 19 heavy (non-hydrogen) atoms. The Labute approximate surface area is 117 Å². The average Bonchev–Trinajstić information content (AvgIpc) is 2.24. The zero-order valence-electron chi connectivity index (χ0n) is 12.4. The standard InChI is InChI=1S/C15H22O3S/c1-10-7-8-13(11(2)9-10)19(17)12(3)14(16)18-15(4,5)6/h7-9,12H,1-6H3. The molecule has 0 aliphatic rings. The van der Waals surface area contributed by atoms with E-state index in [-0.39, 0.29) is 0 Å². The Morgan fingerprint density at radius 2 is 1.84 bits per heavy atom. The molecule has 4 heteroatoms. The Hall–Kier alpha value is -1.16. The molecule has 0 N–H and O–H groups in total. The molecule has 0 fully saturated rings. The summed E-state index contributed by atoms with van der Waals surface area (Å²) >= 11 is 0. The maximum Gasteiger partial charge on any atom is 0.322 e. The summed E-state index contributed by atoms with van der Waals surface area (Å²) in [5.74, 6) is -0.425. The highest BCUT2D eigenvalue weighted by Crippen LogP contribution is 2.20. The van der Waals surface area contributed by atoms with Gasteiger partial charge in [-0.05, 0) is 53.2 Å². The molecular weight excluding hydrogens is 260 g/mol. The van der Waals surface area contributed by atoms with Crippen LogP contribution in [0.2, 0.25) is 0 Å². The molecular formula is C15H22O3S. The second-order valence-electron chi connectivity index (χ2n) is 5.74. The third-order valence-electron chi connectivity index (χ3n) is 2.61. The predicted octanol–water partition coefficient (Wildman–Crippen LogP) is 3.14. The topological polar surface area (TPSA) is 43.4 Å². The van der Waals surface area contributed by atoms with E-state index in [4.69, 9.17) is 4.74 Å². The van der Waals surface area contributed by atoms with Crippen LogP contribution in [0.15, 0.2) is 23.1 Å². The number of hydrogen-bond donors (Lipinski definition) is 0. The Kier molecular flexibility index (Phi) is 4.91. The van der Waals surface area contributed by atoms with Crippen LogP contribution in [0.25, 0.3) is 0 Å². The molecule has 0 spiro atoms. The molecule has 1 aromatic carbocycles. The maximum absolute atomic E-state index is 12.4. The molecule has 2 atom stereocenters. The summed E-state index contributed by atoms with van der Waals surface area (Å²) in [6, 6.07) is 5.69. The van der Waals surface area contributed by atoms with Crippen molar-refractivity contribution in [1.82, 2.24) is 0 Å². The van der Waals surface area contributed by atoms with Gasteiger partial charge >= 0.3 is 5.97 Å². The van der Waals surface area contributed by atoms with Gasteiger partial charge in [-0.25, -0.2) is 0 Å². The van der Waals surface area contributed by atoms with Crippen LogP contribution in [0.4, 0.5) is 0 Å². The number of hydrogen-bond acceptors (Lipinski definition) is 3. The molecule has 3 nitrogen and oxygen atoms in total. The van der Waals surface area contributed by atoms with E-state index in [1.54, 1.807) is 27.7 Å². The van der Waals surface area contributed by atoms with E-state index >= 15 is 0 Å². The number of rotatable bonds is 3. The van der Waals surface area contributed by atoms with E-state index in [2.05, 4.69) is 0 Å². The minimum absolute atomic E-state index is 0.425. The number of aryl methyl sites for hydroxylation is 2. The van der Waals surface area contributed by atoms with E-state index in [1.807, 2.05) is 32.0 Å². The molecule has 2 unspecified atom stereocenters. The second kappa shape index (κ2) is 5.87. The highest BCUT2D eigenvalue weighted by molar-refractivity contribution is 7.86. The summed E-state index contributed by atoms with van der Waals surface area (Å²) in [7, 11) is -1.39. The van der Waals surface area contributed by atoms with Crippen molar-refractivity contribution in [3.8, 4) is 0 Å². The first-order chi connectivity index (χ1) is 8.61. The number of carbonyl (C=O) groups is 1. The molecule has 106 valence electrons. The third kappa shape index (κ3) is 4.46. The molecule has 0 amide bonds. The van der Waals surface area contributed by atoms with Crippen molar-refractivity contribution in [3.63, 3.8) is 0 Å². The van der Waals surface area contributed by atoms with E-state index < -0.39 is 27.6 Å². The van der Waals surface area contributed by atoms with Crippen molar-refractivity contribution >= 4 is 16.8 Å². The second-order valence-corrected chi connectivity index (χ2v) is 7.48. The molecule has 0 saturated heterocycles. The van der Waals surface area contributed by atoms with Crippen LogP contribution in [-0.2, 0) is 20.3 Å². The highest BCUT2D eigenvalue weighted by Gasteiger charge is 2.27. The van der Waals surface area contributed by atoms with Gasteiger partial charge in [0.25, 0.3) is 0 Å². The van der Waals surface area contributed by atoms with Crippen LogP contribution < -0.4 is 0 Å². The summed E-state index contributed by atoms with van der Waals surface area (Å²) in [4.78, 5) is 12.6. The summed E-state index contributed by atoms with van der Waals surface area (Å²) in [5.41, 5.74) is 1.50. The van der Waals surface area contributed by atoms with E-state index in [1.165, 1.54) is 0 Å². The van der Waals surface area contributed by atoms with Gasteiger partial charge in [0, 0.05) is 4.90 Å². The van der Waals surface area contributed by atoms with Crippen LogP contribution in [0, 0.1) is 13.8 Å². The molecule has 0 saturated carbocycles. The van der Waals surface area contributed by atoms with E-state index in [9.17, 15) is 9.00 Å².